The van der Waals surface area contributed by atoms with Crippen LogP contribution in [0.15, 0.2) is 12.1 Å². The van der Waals surface area contributed by atoms with E-state index in [0.717, 1.165) is 6.07 Å². The average molecular weight is 228 g/mol. The molecule has 0 fully saturated rings. The van der Waals surface area contributed by atoms with Gasteiger partial charge in [0, 0.05) is 17.1 Å². The summed E-state index contributed by atoms with van der Waals surface area (Å²) in [7, 11) is 0. The molecule has 0 atom stereocenters. The quantitative estimate of drug-likeness (QED) is 0.734. The molecule has 0 unspecified atom stereocenters. The van der Waals surface area contributed by atoms with Gasteiger partial charge in [-0.15, -0.1) is 0 Å². The van der Waals surface area contributed by atoms with Crippen LogP contribution < -0.4 is 5.73 Å². The van der Waals surface area contributed by atoms with Crippen molar-refractivity contribution in [3.8, 4) is 0 Å². The lowest BCUT2D eigenvalue weighted by Gasteiger charge is -2.12. The number of hydrogen-bond donors (Lipinski definition) is 1. The lowest BCUT2D eigenvalue weighted by atomic mass is 10.1. The van der Waals surface area contributed by atoms with Crippen molar-refractivity contribution >= 4 is 11.6 Å². The van der Waals surface area contributed by atoms with Gasteiger partial charge < -0.3 is 5.73 Å². The molecular formula is C8H6ClF4N. The van der Waals surface area contributed by atoms with Gasteiger partial charge in [-0.3, -0.25) is 0 Å². The Bertz CT molecular complexity index is 348. The van der Waals surface area contributed by atoms with Crippen LogP contribution in [-0.4, -0.2) is 0 Å². The highest BCUT2D eigenvalue weighted by Gasteiger charge is 2.34. The van der Waals surface area contributed by atoms with Gasteiger partial charge in [0.05, 0.1) is 5.56 Å². The number of nitrogens with two attached hydrogens (primary N) is 1. The molecule has 1 rings (SSSR count). The van der Waals surface area contributed by atoms with Gasteiger partial charge in [-0.2, -0.15) is 13.2 Å². The Morgan fingerprint density at radius 2 is 1.86 bits per heavy atom. The Morgan fingerprint density at radius 3 is 2.29 bits per heavy atom. The summed E-state index contributed by atoms with van der Waals surface area (Å²) in [5, 5.41) is -0.299. The molecule has 14 heavy (non-hydrogen) atoms. The molecule has 0 radical (unpaired) electrons. The lowest BCUT2D eigenvalue weighted by Crippen LogP contribution is -2.13. The minimum Gasteiger partial charge on any atom is -0.326 e. The predicted molar refractivity (Wildman–Crippen MR) is 44.3 cm³/mol. The lowest BCUT2D eigenvalue weighted by molar-refractivity contribution is -0.138. The second kappa shape index (κ2) is 3.74. The Hall–Kier alpha value is -0.810. The van der Waals surface area contributed by atoms with E-state index in [4.69, 9.17) is 17.3 Å². The van der Waals surface area contributed by atoms with E-state index in [1.807, 2.05) is 0 Å². The van der Waals surface area contributed by atoms with Gasteiger partial charge in [0.25, 0.3) is 0 Å². The summed E-state index contributed by atoms with van der Waals surface area (Å²) in [4.78, 5) is 0. The van der Waals surface area contributed by atoms with Crippen molar-refractivity contribution in [3.05, 3.63) is 34.1 Å². The van der Waals surface area contributed by atoms with Crippen molar-refractivity contribution < 1.29 is 17.6 Å². The average Bonchev–Trinajstić information content (AvgIpc) is 2.01. The highest BCUT2D eigenvalue weighted by Crippen LogP contribution is 2.34. The third-order valence-corrected chi connectivity index (χ3v) is 1.89. The maximum Gasteiger partial charge on any atom is 0.416 e. The number of hydrogen-bond acceptors (Lipinski definition) is 1. The summed E-state index contributed by atoms with van der Waals surface area (Å²) in [5.41, 5.74) is 3.33. The summed E-state index contributed by atoms with van der Waals surface area (Å²) in [6.07, 6.45) is -4.64. The molecule has 78 valence electrons. The maximum atomic E-state index is 13.0. The molecule has 0 aliphatic carbocycles. The van der Waals surface area contributed by atoms with Gasteiger partial charge in [-0.1, -0.05) is 11.6 Å². The molecule has 1 nitrogen and oxygen atoms in total. The molecule has 2 N–H and O–H groups in total. The minimum absolute atomic E-state index is 0.299. The zero-order valence-corrected chi connectivity index (χ0v) is 7.58. The molecule has 0 saturated carbocycles. The monoisotopic (exact) mass is 227 g/mol. The highest BCUT2D eigenvalue weighted by molar-refractivity contribution is 6.30. The summed E-state index contributed by atoms with van der Waals surface area (Å²) in [6, 6.07) is 1.46. The highest BCUT2D eigenvalue weighted by atomic mass is 35.5. The van der Waals surface area contributed by atoms with Crippen LogP contribution in [0.1, 0.15) is 11.1 Å². The molecule has 0 bridgehead atoms. The van der Waals surface area contributed by atoms with Gasteiger partial charge in [0.2, 0.25) is 0 Å². The topological polar surface area (TPSA) is 26.0 Å². The van der Waals surface area contributed by atoms with Gasteiger partial charge in [0.15, 0.2) is 0 Å². The first-order valence-corrected chi connectivity index (χ1v) is 3.99. The van der Waals surface area contributed by atoms with Crippen LogP contribution >= 0.6 is 11.6 Å². The SMILES string of the molecule is NCc1c(F)cc(Cl)cc1C(F)(F)F. The van der Waals surface area contributed by atoms with Gasteiger partial charge in [-0.05, 0) is 12.1 Å². The maximum absolute atomic E-state index is 13.0. The fourth-order valence-corrected chi connectivity index (χ4v) is 1.27. The molecule has 0 aliphatic heterocycles. The fraction of sp³-hybridized carbons (Fsp3) is 0.250. The van der Waals surface area contributed by atoms with E-state index in [9.17, 15) is 17.6 Å². The Morgan fingerprint density at radius 1 is 1.29 bits per heavy atom. The van der Waals surface area contributed by atoms with Crippen LogP contribution in [0.5, 0.6) is 0 Å². The molecule has 0 aromatic heterocycles. The smallest absolute Gasteiger partial charge is 0.326 e. The Kier molecular flexibility index (Phi) is 3.01. The number of benzene rings is 1. The number of alkyl halides is 3. The van der Waals surface area contributed by atoms with E-state index in [0.29, 0.717) is 6.07 Å². The molecule has 6 heteroatoms. The molecule has 0 aliphatic rings. The van der Waals surface area contributed by atoms with Crippen molar-refractivity contribution in [2.24, 2.45) is 5.73 Å². The Labute approximate surface area is 82.5 Å². The zero-order valence-electron chi connectivity index (χ0n) is 6.83. The van der Waals surface area contributed by atoms with Crippen LogP contribution in [0.2, 0.25) is 5.02 Å². The normalized spacial score (nSPS) is 11.9. The first-order chi connectivity index (χ1) is 6.36. The van der Waals surface area contributed by atoms with Crippen LogP contribution in [0, 0.1) is 5.82 Å². The van der Waals surface area contributed by atoms with E-state index >= 15 is 0 Å². The summed E-state index contributed by atoms with van der Waals surface area (Å²) >= 11 is 5.30. The van der Waals surface area contributed by atoms with Crippen molar-refractivity contribution in [2.45, 2.75) is 12.7 Å². The van der Waals surface area contributed by atoms with Crippen LogP contribution in [0.4, 0.5) is 17.6 Å². The number of halogens is 5. The van der Waals surface area contributed by atoms with Gasteiger partial charge in [0.1, 0.15) is 5.82 Å². The summed E-state index contributed by atoms with van der Waals surface area (Å²) < 4.78 is 49.9. The first-order valence-electron chi connectivity index (χ1n) is 3.61. The summed E-state index contributed by atoms with van der Waals surface area (Å²) in [5.74, 6) is -1.03. The third-order valence-electron chi connectivity index (χ3n) is 1.67. The van der Waals surface area contributed by atoms with E-state index in [1.54, 1.807) is 0 Å². The molecular weight excluding hydrogens is 222 g/mol. The van der Waals surface area contributed by atoms with Crippen LogP contribution in [0.25, 0.3) is 0 Å². The van der Waals surface area contributed by atoms with Gasteiger partial charge >= 0.3 is 6.18 Å². The van der Waals surface area contributed by atoms with Crippen molar-refractivity contribution in [1.29, 1.82) is 0 Å². The molecule has 0 spiro atoms. The summed E-state index contributed by atoms with van der Waals surface area (Å²) in [6.45, 7) is -0.516. The predicted octanol–water partition coefficient (Wildman–Crippen LogP) is 2.96. The molecule has 0 saturated heterocycles. The largest absolute Gasteiger partial charge is 0.416 e. The molecule has 0 heterocycles. The fourth-order valence-electron chi connectivity index (χ4n) is 1.06. The van der Waals surface area contributed by atoms with Crippen molar-refractivity contribution in [3.63, 3.8) is 0 Å². The van der Waals surface area contributed by atoms with E-state index in [1.165, 1.54) is 0 Å². The second-order valence-electron chi connectivity index (χ2n) is 2.62. The number of rotatable bonds is 1. The first kappa shape index (κ1) is 11.3. The standard InChI is InChI=1S/C8H6ClF4N/c9-4-1-6(8(11,12)13)5(3-14)7(10)2-4/h1-2H,3,14H2. The van der Waals surface area contributed by atoms with Crippen LogP contribution in [-0.2, 0) is 12.7 Å². The van der Waals surface area contributed by atoms with E-state index < -0.39 is 29.7 Å². The Balaban J connectivity index is 3.40. The van der Waals surface area contributed by atoms with Gasteiger partial charge in [-0.25, -0.2) is 4.39 Å². The second-order valence-corrected chi connectivity index (χ2v) is 3.05. The van der Waals surface area contributed by atoms with Crippen LogP contribution in [0.3, 0.4) is 0 Å². The van der Waals surface area contributed by atoms with E-state index in [-0.39, 0.29) is 5.02 Å². The zero-order chi connectivity index (χ0) is 10.9. The van der Waals surface area contributed by atoms with E-state index in [2.05, 4.69) is 0 Å². The molecule has 1 aromatic rings. The molecule has 0 amide bonds. The molecule has 1 aromatic carbocycles. The third kappa shape index (κ3) is 2.16. The minimum atomic E-state index is -4.64. The van der Waals surface area contributed by atoms with Crippen molar-refractivity contribution in [2.75, 3.05) is 0 Å². The van der Waals surface area contributed by atoms with Crippen molar-refractivity contribution in [1.82, 2.24) is 0 Å².